The number of ether oxygens (including phenoxy) is 1. The van der Waals surface area contributed by atoms with Crippen molar-refractivity contribution in [3.05, 3.63) is 81.8 Å². The van der Waals surface area contributed by atoms with Gasteiger partial charge in [-0.15, -0.1) is 0 Å². The predicted molar refractivity (Wildman–Crippen MR) is 184 cm³/mol. The van der Waals surface area contributed by atoms with E-state index in [0.29, 0.717) is 64.9 Å². The van der Waals surface area contributed by atoms with E-state index in [4.69, 9.17) is 4.74 Å². The zero-order chi connectivity index (χ0) is 32.9. The summed E-state index contributed by atoms with van der Waals surface area (Å²) in [5.74, 6) is 0.723. The Morgan fingerprint density at radius 3 is 2.60 bits per heavy atom. The molecule has 4 aromatic heterocycles. The van der Waals surface area contributed by atoms with Gasteiger partial charge in [0.05, 0.1) is 36.7 Å². The molecule has 1 amide bonds. The summed E-state index contributed by atoms with van der Waals surface area (Å²) in [6.07, 6.45) is 10.2. The van der Waals surface area contributed by atoms with Crippen LogP contribution in [-0.2, 0) is 31.2 Å². The molecule has 1 aliphatic carbocycles. The molecular weight excluding hydrogens is 608 g/mol. The second kappa shape index (κ2) is 12.3. The Hall–Kier alpha value is -4.81. The smallest absolute Gasteiger partial charge is 0.276 e. The minimum Gasteiger partial charge on any atom is -0.378 e. The third-order valence-electron chi connectivity index (χ3n) is 10.4. The Bertz CT molecular complexity index is 1950. The van der Waals surface area contributed by atoms with Crippen molar-refractivity contribution < 1.29 is 14.3 Å². The number of carbonyl (C=O) groups is 2. The summed E-state index contributed by atoms with van der Waals surface area (Å²) in [7, 11) is 1.68. The van der Waals surface area contributed by atoms with Gasteiger partial charge in [-0.05, 0) is 74.1 Å². The van der Waals surface area contributed by atoms with Gasteiger partial charge in [0, 0.05) is 69.5 Å². The summed E-state index contributed by atoms with van der Waals surface area (Å²) in [4.78, 5) is 55.4. The van der Waals surface area contributed by atoms with Crippen LogP contribution in [-0.4, -0.2) is 87.7 Å². The number of hydrogen-bond acceptors (Lipinski definition) is 9. The van der Waals surface area contributed by atoms with Gasteiger partial charge in [0.15, 0.2) is 6.29 Å². The van der Waals surface area contributed by atoms with E-state index in [9.17, 15) is 14.4 Å². The molecule has 7 heterocycles. The normalized spacial score (nSPS) is 19.9. The fraction of sp³-hybridized carbons (Fsp3) is 0.417. The molecule has 1 atom stereocenters. The molecule has 0 unspecified atom stereocenters. The highest BCUT2D eigenvalue weighted by Gasteiger charge is 2.34. The van der Waals surface area contributed by atoms with Crippen LogP contribution in [0.15, 0.2) is 53.7 Å². The monoisotopic (exact) mass is 648 g/mol. The van der Waals surface area contributed by atoms with E-state index in [1.54, 1.807) is 36.5 Å². The van der Waals surface area contributed by atoms with Crippen LogP contribution >= 0.6 is 0 Å². The summed E-state index contributed by atoms with van der Waals surface area (Å²) < 4.78 is 9.02. The summed E-state index contributed by atoms with van der Waals surface area (Å²) in [6.45, 7) is 7.85. The highest BCUT2D eigenvalue weighted by Crippen LogP contribution is 2.34. The van der Waals surface area contributed by atoms with Gasteiger partial charge in [0.1, 0.15) is 23.0 Å². The maximum Gasteiger partial charge on any atom is 0.276 e. The first-order chi connectivity index (χ1) is 23.4. The number of nitrogens with one attached hydrogen (secondary N) is 1. The van der Waals surface area contributed by atoms with Crippen molar-refractivity contribution in [3.8, 4) is 11.1 Å². The average Bonchev–Trinajstić information content (AvgIpc) is 3.46. The summed E-state index contributed by atoms with van der Waals surface area (Å²) >= 11 is 0. The number of pyridine rings is 3. The Morgan fingerprint density at radius 2 is 1.85 bits per heavy atom. The van der Waals surface area contributed by atoms with Gasteiger partial charge in [0.25, 0.3) is 11.5 Å². The lowest BCUT2D eigenvalue weighted by atomic mass is 9.98. The van der Waals surface area contributed by atoms with Crippen molar-refractivity contribution >= 4 is 35.2 Å². The van der Waals surface area contributed by atoms with Crippen LogP contribution in [0.1, 0.15) is 51.9 Å². The van der Waals surface area contributed by atoms with Crippen molar-refractivity contribution in [1.29, 1.82) is 0 Å². The molecule has 2 fully saturated rings. The molecular formula is C36H40N8O4. The van der Waals surface area contributed by atoms with Gasteiger partial charge in [-0.1, -0.05) is 0 Å². The average molecular weight is 649 g/mol. The Morgan fingerprint density at radius 1 is 1.00 bits per heavy atom. The van der Waals surface area contributed by atoms with Crippen LogP contribution < -0.4 is 20.7 Å². The highest BCUT2D eigenvalue weighted by atomic mass is 16.5. The standard InChI is InChI=1S/C36H40N8O4/c1-23-18-41(27-21-48-22-27)11-12-42(23)26-7-8-33(38-17-26)39-30-15-25(19-40(2)35(30)46)28-9-10-37-34(29(28)20-45)44-14-13-43-31-6-4-3-5-24(31)16-32(43)36(44)47/h7-10,15-17,19-20,23,27H,3-6,11-14,18,21-22H2,1-2H3,(H,38,39)/t23-/m0/s1. The lowest BCUT2D eigenvalue weighted by Crippen LogP contribution is -2.59. The predicted octanol–water partition coefficient (Wildman–Crippen LogP) is 3.65. The quantitative estimate of drug-likeness (QED) is 0.300. The first kappa shape index (κ1) is 30.5. The number of carbonyl (C=O) groups excluding carboxylic acids is 2. The molecule has 12 heteroatoms. The third kappa shape index (κ3) is 5.29. The maximum atomic E-state index is 13.8. The van der Waals surface area contributed by atoms with Crippen LogP contribution in [0.3, 0.4) is 0 Å². The summed E-state index contributed by atoms with van der Waals surface area (Å²) in [5.41, 5.74) is 5.86. The minimum atomic E-state index is -0.229. The van der Waals surface area contributed by atoms with E-state index < -0.39 is 0 Å². The van der Waals surface area contributed by atoms with Gasteiger partial charge in [-0.25, -0.2) is 9.97 Å². The minimum absolute atomic E-state index is 0.148. The third-order valence-corrected chi connectivity index (χ3v) is 10.4. The van der Waals surface area contributed by atoms with Crippen molar-refractivity contribution in [2.75, 3.05) is 54.5 Å². The lowest BCUT2D eigenvalue weighted by Gasteiger charge is -2.46. The summed E-state index contributed by atoms with van der Waals surface area (Å²) in [5, 5.41) is 3.20. The molecule has 4 aliphatic rings. The number of anilines is 4. The first-order valence-corrected chi connectivity index (χ1v) is 16.9. The number of rotatable bonds is 7. The Kier molecular flexibility index (Phi) is 7.84. The van der Waals surface area contributed by atoms with Crippen LogP contribution in [0.4, 0.5) is 23.0 Å². The number of aldehydes is 1. The van der Waals surface area contributed by atoms with Crippen molar-refractivity contribution in [3.63, 3.8) is 0 Å². The van der Waals surface area contributed by atoms with Crippen LogP contribution in [0, 0.1) is 0 Å². The molecule has 1 N–H and O–H groups in total. The number of nitrogens with zero attached hydrogens (tertiary/aromatic N) is 7. The molecule has 248 valence electrons. The van der Waals surface area contributed by atoms with Crippen molar-refractivity contribution in [2.45, 2.75) is 51.2 Å². The Labute approximate surface area is 278 Å². The topological polar surface area (TPSA) is 118 Å². The molecule has 0 saturated carbocycles. The molecule has 2 saturated heterocycles. The largest absolute Gasteiger partial charge is 0.378 e. The first-order valence-electron chi connectivity index (χ1n) is 16.9. The van der Waals surface area contributed by atoms with Gasteiger partial charge >= 0.3 is 0 Å². The number of amides is 1. The van der Waals surface area contributed by atoms with Gasteiger partial charge in [-0.2, -0.15) is 0 Å². The van der Waals surface area contributed by atoms with E-state index in [0.717, 1.165) is 70.5 Å². The molecule has 0 radical (unpaired) electrons. The van der Waals surface area contributed by atoms with Crippen molar-refractivity contribution in [2.24, 2.45) is 7.05 Å². The number of fused-ring (bicyclic) bond motifs is 3. The van der Waals surface area contributed by atoms with Crippen LogP contribution in [0.5, 0.6) is 0 Å². The van der Waals surface area contributed by atoms with Gasteiger partial charge < -0.3 is 24.1 Å². The van der Waals surface area contributed by atoms with Crippen LogP contribution in [0.25, 0.3) is 11.1 Å². The van der Waals surface area contributed by atoms with Gasteiger partial charge in [0.2, 0.25) is 0 Å². The number of hydrogen-bond donors (Lipinski definition) is 1. The second-order valence-electron chi connectivity index (χ2n) is 13.3. The van der Waals surface area contributed by atoms with E-state index in [-0.39, 0.29) is 11.5 Å². The molecule has 0 aromatic carbocycles. The van der Waals surface area contributed by atoms with Crippen molar-refractivity contribution in [1.82, 2.24) is 24.0 Å². The second-order valence-corrected chi connectivity index (χ2v) is 13.3. The molecule has 8 rings (SSSR count). The molecule has 0 bridgehead atoms. The van der Waals surface area contributed by atoms with Gasteiger partial charge in [-0.3, -0.25) is 24.2 Å². The SMILES string of the molecule is C[C@H]1CN(C2COC2)CCN1c1ccc(Nc2cc(-c3ccnc(N4CCn5c(cc6c5CCCC6)C4=O)c3C=O)cn(C)c2=O)nc1. The van der Waals surface area contributed by atoms with E-state index in [1.165, 1.54) is 15.8 Å². The molecule has 4 aromatic rings. The highest BCUT2D eigenvalue weighted by molar-refractivity contribution is 6.08. The number of aryl methyl sites for hydroxylation is 2. The summed E-state index contributed by atoms with van der Waals surface area (Å²) in [6, 6.07) is 10.3. The number of piperazine rings is 1. The molecule has 12 nitrogen and oxygen atoms in total. The lowest BCUT2D eigenvalue weighted by molar-refractivity contribution is -0.0691. The Balaban J connectivity index is 1.04. The van der Waals surface area contributed by atoms with E-state index in [1.807, 2.05) is 24.4 Å². The molecule has 3 aliphatic heterocycles. The maximum absolute atomic E-state index is 13.8. The molecule has 48 heavy (non-hydrogen) atoms. The fourth-order valence-corrected chi connectivity index (χ4v) is 7.74. The number of aromatic nitrogens is 4. The zero-order valence-corrected chi connectivity index (χ0v) is 27.4. The fourth-order valence-electron chi connectivity index (χ4n) is 7.74. The van der Waals surface area contributed by atoms with E-state index in [2.05, 4.69) is 36.6 Å². The molecule has 0 spiro atoms. The van der Waals surface area contributed by atoms with E-state index >= 15 is 0 Å². The zero-order valence-electron chi connectivity index (χ0n) is 27.4. The van der Waals surface area contributed by atoms with Crippen LogP contribution in [0.2, 0.25) is 0 Å².